The minimum Gasteiger partial charge on any atom is -0.381 e. The van der Waals surface area contributed by atoms with E-state index in [-0.39, 0.29) is 0 Å². The number of aromatic nitrogens is 1. The van der Waals surface area contributed by atoms with Gasteiger partial charge in [0.2, 0.25) is 0 Å². The Morgan fingerprint density at radius 3 is 3.25 bits per heavy atom. The molecule has 1 unspecified atom stereocenters. The van der Waals surface area contributed by atoms with Gasteiger partial charge in [0, 0.05) is 31.5 Å². The van der Waals surface area contributed by atoms with Gasteiger partial charge in [-0.05, 0) is 25.7 Å². The Morgan fingerprint density at radius 1 is 1.62 bits per heavy atom. The van der Waals surface area contributed by atoms with Gasteiger partial charge in [-0.3, -0.25) is 0 Å². The summed E-state index contributed by atoms with van der Waals surface area (Å²) in [6, 6.07) is 0. The van der Waals surface area contributed by atoms with E-state index < -0.39 is 0 Å². The first-order valence-electron chi connectivity index (χ1n) is 6.04. The maximum absolute atomic E-state index is 5.45. The first-order valence-corrected chi connectivity index (χ1v) is 6.92. The highest BCUT2D eigenvalue weighted by Gasteiger charge is 2.12. The minimum absolute atomic E-state index is 0.714. The van der Waals surface area contributed by atoms with Crippen LogP contribution >= 0.6 is 11.3 Å². The van der Waals surface area contributed by atoms with Crippen LogP contribution in [0.15, 0.2) is 5.38 Å². The van der Waals surface area contributed by atoms with E-state index in [1.165, 1.54) is 18.5 Å². The quantitative estimate of drug-likeness (QED) is 0.799. The van der Waals surface area contributed by atoms with Crippen LogP contribution in [-0.2, 0) is 11.2 Å². The van der Waals surface area contributed by atoms with Crippen molar-refractivity contribution in [2.24, 2.45) is 5.92 Å². The number of hydrogen-bond acceptors (Lipinski definition) is 4. The fourth-order valence-corrected chi connectivity index (χ4v) is 2.66. The molecule has 3 nitrogen and oxygen atoms in total. The van der Waals surface area contributed by atoms with Crippen molar-refractivity contribution in [2.45, 2.75) is 26.2 Å². The van der Waals surface area contributed by atoms with Gasteiger partial charge in [-0.2, -0.15) is 0 Å². The average molecular weight is 240 g/mol. The fourth-order valence-electron chi connectivity index (χ4n) is 2.01. The van der Waals surface area contributed by atoms with Crippen molar-refractivity contribution >= 4 is 11.3 Å². The Kier molecular flexibility index (Phi) is 4.75. The van der Waals surface area contributed by atoms with E-state index in [9.17, 15) is 0 Å². The van der Waals surface area contributed by atoms with Crippen molar-refractivity contribution in [3.63, 3.8) is 0 Å². The molecule has 2 heterocycles. The molecule has 0 aromatic carbocycles. The van der Waals surface area contributed by atoms with Gasteiger partial charge in [0.1, 0.15) is 0 Å². The molecule has 0 aliphatic carbocycles. The van der Waals surface area contributed by atoms with Gasteiger partial charge in [0.25, 0.3) is 0 Å². The number of ether oxygens (including phenoxy) is 1. The zero-order chi connectivity index (χ0) is 11.2. The van der Waals surface area contributed by atoms with Crippen molar-refractivity contribution < 1.29 is 4.74 Å². The molecule has 2 rings (SSSR count). The van der Waals surface area contributed by atoms with E-state index in [2.05, 4.69) is 22.6 Å². The second kappa shape index (κ2) is 6.33. The van der Waals surface area contributed by atoms with Crippen LogP contribution in [0.25, 0.3) is 0 Å². The van der Waals surface area contributed by atoms with E-state index in [0.29, 0.717) is 5.92 Å². The molecule has 1 saturated heterocycles. The molecule has 4 heteroatoms. The molecule has 0 radical (unpaired) electrons. The zero-order valence-corrected chi connectivity index (χ0v) is 10.7. The Bertz CT molecular complexity index is 308. The molecule has 0 bridgehead atoms. The third kappa shape index (κ3) is 3.85. The Labute approximate surface area is 101 Å². The highest BCUT2D eigenvalue weighted by Crippen LogP contribution is 2.12. The lowest BCUT2D eigenvalue weighted by molar-refractivity contribution is 0.0549. The molecule has 90 valence electrons. The van der Waals surface area contributed by atoms with E-state index >= 15 is 0 Å². The molecule has 1 fully saturated rings. The lowest BCUT2D eigenvalue weighted by atomic mass is 10.0. The zero-order valence-electron chi connectivity index (χ0n) is 9.87. The summed E-state index contributed by atoms with van der Waals surface area (Å²) in [5, 5.41) is 6.81. The lowest BCUT2D eigenvalue weighted by Gasteiger charge is -2.22. The van der Waals surface area contributed by atoms with Crippen LogP contribution in [0, 0.1) is 12.8 Å². The topological polar surface area (TPSA) is 34.2 Å². The third-order valence-corrected chi connectivity index (χ3v) is 3.73. The first kappa shape index (κ1) is 12.0. The molecule has 1 N–H and O–H groups in total. The Balaban J connectivity index is 1.57. The summed E-state index contributed by atoms with van der Waals surface area (Å²) in [6.07, 6.45) is 3.57. The van der Waals surface area contributed by atoms with Gasteiger partial charge in [0.05, 0.1) is 17.3 Å². The largest absolute Gasteiger partial charge is 0.381 e. The van der Waals surface area contributed by atoms with E-state index in [0.717, 1.165) is 37.7 Å². The molecular formula is C12H20N2OS. The Morgan fingerprint density at radius 2 is 2.56 bits per heavy atom. The van der Waals surface area contributed by atoms with Gasteiger partial charge in [-0.1, -0.05) is 0 Å². The minimum atomic E-state index is 0.714. The Hall–Kier alpha value is -0.450. The maximum atomic E-state index is 5.45. The first-order chi connectivity index (χ1) is 7.84. The monoisotopic (exact) mass is 240 g/mol. The third-order valence-electron chi connectivity index (χ3n) is 2.91. The molecule has 1 aromatic rings. The molecule has 1 atom stereocenters. The van der Waals surface area contributed by atoms with Crippen molar-refractivity contribution in [3.8, 4) is 0 Å². The normalized spacial score (nSPS) is 21.2. The van der Waals surface area contributed by atoms with E-state index in [4.69, 9.17) is 4.74 Å². The van der Waals surface area contributed by atoms with Crippen LogP contribution in [0.1, 0.15) is 23.5 Å². The maximum Gasteiger partial charge on any atom is 0.0897 e. The SMILES string of the molecule is Cc1nc(CCNCC2CCCOC2)cs1. The van der Waals surface area contributed by atoms with Crippen LogP contribution in [0.5, 0.6) is 0 Å². The van der Waals surface area contributed by atoms with Crippen LogP contribution in [-0.4, -0.2) is 31.3 Å². The fraction of sp³-hybridized carbons (Fsp3) is 0.750. The number of nitrogens with zero attached hydrogens (tertiary/aromatic N) is 1. The predicted octanol–water partition coefficient (Wildman–Crippen LogP) is 2.01. The highest BCUT2D eigenvalue weighted by molar-refractivity contribution is 7.09. The van der Waals surface area contributed by atoms with Gasteiger partial charge >= 0.3 is 0 Å². The highest BCUT2D eigenvalue weighted by atomic mass is 32.1. The molecule has 0 saturated carbocycles. The van der Waals surface area contributed by atoms with Crippen molar-refractivity contribution in [2.75, 3.05) is 26.3 Å². The van der Waals surface area contributed by atoms with E-state index in [1.54, 1.807) is 11.3 Å². The summed E-state index contributed by atoms with van der Waals surface area (Å²) in [5.41, 5.74) is 1.22. The molecule has 1 aliphatic heterocycles. The molecular weight excluding hydrogens is 220 g/mol. The van der Waals surface area contributed by atoms with Crippen LogP contribution in [0.2, 0.25) is 0 Å². The number of nitrogens with one attached hydrogen (secondary N) is 1. The molecule has 0 spiro atoms. The predicted molar refractivity (Wildman–Crippen MR) is 67.0 cm³/mol. The van der Waals surface area contributed by atoms with Gasteiger partial charge in [0.15, 0.2) is 0 Å². The number of rotatable bonds is 5. The summed E-state index contributed by atoms with van der Waals surface area (Å²) in [6.45, 7) is 6.06. The second-order valence-corrected chi connectivity index (χ2v) is 5.46. The van der Waals surface area contributed by atoms with Crippen molar-refractivity contribution in [1.82, 2.24) is 10.3 Å². The van der Waals surface area contributed by atoms with Gasteiger partial charge in [-0.15, -0.1) is 11.3 Å². The second-order valence-electron chi connectivity index (χ2n) is 4.40. The number of hydrogen-bond donors (Lipinski definition) is 1. The smallest absolute Gasteiger partial charge is 0.0897 e. The molecule has 16 heavy (non-hydrogen) atoms. The van der Waals surface area contributed by atoms with Crippen LogP contribution in [0.3, 0.4) is 0 Å². The van der Waals surface area contributed by atoms with Crippen molar-refractivity contribution in [3.05, 3.63) is 16.1 Å². The number of aryl methyl sites for hydroxylation is 1. The van der Waals surface area contributed by atoms with Crippen LogP contribution in [0.4, 0.5) is 0 Å². The molecule has 1 aliphatic rings. The summed E-state index contributed by atoms with van der Waals surface area (Å²) < 4.78 is 5.45. The standard InChI is InChI=1S/C12H20N2OS/c1-10-14-12(9-16-10)4-5-13-7-11-3-2-6-15-8-11/h9,11,13H,2-8H2,1H3. The summed E-state index contributed by atoms with van der Waals surface area (Å²) in [7, 11) is 0. The number of thiazole rings is 1. The molecule has 1 aromatic heterocycles. The van der Waals surface area contributed by atoms with Crippen molar-refractivity contribution in [1.29, 1.82) is 0 Å². The lowest BCUT2D eigenvalue weighted by Crippen LogP contribution is -2.30. The summed E-state index contributed by atoms with van der Waals surface area (Å²) in [5.74, 6) is 0.714. The summed E-state index contributed by atoms with van der Waals surface area (Å²) >= 11 is 1.73. The van der Waals surface area contributed by atoms with Crippen LogP contribution < -0.4 is 5.32 Å². The average Bonchev–Trinajstić information content (AvgIpc) is 2.72. The van der Waals surface area contributed by atoms with Gasteiger partial charge < -0.3 is 10.1 Å². The summed E-state index contributed by atoms with van der Waals surface area (Å²) in [4.78, 5) is 4.45. The molecule has 0 amide bonds. The van der Waals surface area contributed by atoms with Gasteiger partial charge in [-0.25, -0.2) is 4.98 Å². The van der Waals surface area contributed by atoms with E-state index in [1.807, 2.05) is 0 Å².